The molecule has 5 heteroatoms. The molecule has 2 aromatic rings. The summed E-state index contributed by atoms with van der Waals surface area (Å²) >= 11 is 0. The first-order valence-electron chi connectivity index (χ1n) is 6.09. The first-order valence-corrected chi connectivity index (χ1v) is 6.09. The lowest BCUT2D eigenvalue weighted by molar-refractivity contribution is 0.750. The Morgan fingerprint density at radius 1 is 1.39 bits per heavy atom. The monoisotopic (exact) mass is 245 g/mol. The van der Waals surface area contributed by atoms with Crippen LogP contribution in [0.3, 0.4) is 0 Å². The largest absolute Gasteiger partial charge is 0.367 e. The van der Waals surface area contributed by atoms with Crippen molar-refractivity contribution in [3.8, 4) is 0 Å². The Hall–Kier alpha value is -1.88. The average Bonchev–Trinajstić information content (AvgIpc) is 2.89. The van der Waals surface area contributed by atoms with Crippen LogP contribution in [0.5, 0.6) is 0 Å². The number of nitrogens with zero attached hydrogens (tertiary/aromatic N) is 3. The van der Waals surface area contributed by atoms with Crippen LogP contribution < -0.4 is 10.2 Å². The molecule has 0 amide bonds. The maximum atomic E-state index is 4.56. The molecular weight excluding hydrogens is 226 g/mol. The minimum atomic E-state index is 0.839. The number of aromatic nitrogens is 3. The summed E-state index contributed by atoms with van der Waals surface area (Å²) in [5, 5.41) is 3.10. The van der Waals surface area contributed by atoms with E-state index in [2.05, 4.69) is 31.2 Å². The molecule has 18 heavy (non-hydrogen) atoms. The van der Waals surface area contributed by atoms with Crippen LogP contribution in [0, 0.1) is 0 Å². The number of hydrogen-bond donors (Lipinski definition) is 2. The summed E-state index contributed by atoms with van der Waals surface area (Å²) in [6.07, 6.45) is 6.60. The van der Waals surface area contributed by atoms with Crippen molar-refractivity contribution in [1.82, 2.24) is 20.3 Å². The van der Waals surface area contributed by atoms with Gasteiger partial charge in [-0.1, -0.05) is 0 Å². The molecule has 0 unspecified atom stereocenters. The van der Waals surface area contributed by atoms with Gasteiger partial charge < -0.3 is 15.2 Å². The quantitative estimate of drug-likeness (QED) is 0.803. The fourth-order valence-corrected chi connectivity index (χ4v) is 1.77. The smallest absolute Gasteiger partial charge is 0.132 e. The number of rotatable bonds is 6. The number of nitrogens with one attached hydrogen (secondary N) is 2. The Morgan fingerprint density at radius 2 is 2.28 bits per heavy atom. The summed E-state index contributed by atoms with van der Waals surface area (Å²) in [4.78, 5) is 14.0. The van der Waals surface area contributed by atoms with Gasteiger partial charge in [0.1, 0.15) is 11.6 Å². The molecule has 0 saturated heterocycles. The first-order chi connectivity index (χ1) is 8.79. The molecule has 2 rings (SSSR count). The lowest BCUT2D eigenvalue weighted by Crippen LogP contribution is -2.19. The Morgan fingerprint density at radius 3 is 3.00 bits per heavy atom. The minimum absolute atomic E-state index is 0.839. The van der Waals surface area contributed by atoms with Crippen molar-refractivity contribution in [2.75, 3.05) is 25.5 Å². The summed E-state index contributed by atoms with van der Waals surface area (Å²) in [6.45, 7) is 1.73. The summed E-state index contributed by atoms with van der Waals surface area (Å²) in [5.74, 6) is 1.83. The van der Waals surface area contributed by atoms with Gasteiger partial charge in [0, 0.05) is 45.1 Å². The highest BCUT2D eigenvalue weighted by Gasteiger charge is 2.05. The Balaban J connectivity index is 2.03. The van der Waals surface area contributed by atoms with Crippen LogP contribution in [0.15, 0.2) is 30.7 Å². The lowest BCUT2D eigenvalue weighted by atomic mass is 10.3. The van der Waals surface area contributed by atoms with Gasteiger partial charge in [0.05, 0.1) is 0 Å². The maximum absolute atomic E-state index is 4.56. The van der Waals surface area contributed by atoms with E-state index in [1.807, 2.05) is 38.8 Å². The van der Waals surface area contributed by atoms with Gasteiger partial charge in [0.15, 0.2) is 0 Å². The van der Waals surface area contributed by atoms with Gasteiger partial charge in [-0.05, 0) is 24.7 Å². The van der Waals surface area contributed by atoms with Crippen LogP contribution in [0.25, 0.3) is 0 Å². The molecular formula is C13H19N5. The highest BCUT2D eigenvalue weighted by molar-refractivity contribution is 5.37. The zero-order chi connectivity index (χ0) is 12.8. The van der Waals surface area contributed by atoms with Crippen molar-refractivity contribution >= 4 is 5.82 Å². The van der Waals surface area contributed by atoms with E-state index in [-0.39, 0.29) is 0 Å². The molecule has 2 heterocycles. The zero-order valence-corrected chi connectivity index (χ0v) is 10.8. The summed E-state index contributed by atoms with van der Waals surface area (Å²) in [7, 11) is 3.97. The Labute approximate surface area is 107 Å². The number of anilines is 1. The van der Waals surface area contributed by atoms with E-state index in [0.717, 1.165) is 31.2 Å². The van der Waals surface area contributed by atoms with E-state index < -0.39 is 0 Å². The van der Waals surface area contributed by atoms with Gasteiger partial charge in [-0.25, -0.2) is 9.97 Å². The molecule has 0 aromatic carbocycles. The van der Waals surface area contributed by atoms with E-state index in [4.69, 9.17) is 0 Å². The lowest BCUT2D eigenvalue weighted by Gasteiger charge is -2.17. The molecule has 0 bridgehead atoms. The second kappa shape index (κ2) is 6.16. The normalized spacial score (nSPS) is 10.6. The van der Waals surface area contributed by atoms with Gasteiger partial charge >= 0.3 is 0 Å². The van der Waals surface area contributed by atoms with Crippen LogP contribution >= 0.6 is 0 Å². The topological polar surface area (TPSA) is 56.8 Å². The highest BCUT2D eigenvalue weighted by atomic mass is 15.2. The molecule has 0 fully saturated rings. The van der Waals surface area contributed by atoms with Crippen LogP contribution in [0.4, 0.5) is 5.82 Å². The standard InChI is InChI=1S/C13H19N5/c1-14-6-4-12-16-8-5-13(17-12)18(2)10-11-3-7-15-9-11/h3,5,7-9,14-15H,4,6,10H2,1-2H3. The third-order valence-corrected chi connectivity index (χ3v) is 2.76. The molecule has 96 valence electrons. The number of likely N-dealkylation sites (N-methyl/N-ethyl adjacent to an activating group) is 1. The molecule has 0 saturated carbocycles. The second-order valence-corrected chi connectivity index (χ2v) is 4.26. The summed E-state index contributed by atoms with van der Waals surface area (Å²) in [5.41, 5.74) is 1.24. The van der Waals surface area contributed by atoms with Gasteiger partial charge in [-0.2, -0.15) is 0 Å². The van der Waals surface area contributed by atoms with Crippen molar-refractivity contribution in [2.45, 2.75) is 13.0 Å². The van der Waals surface area contributed by atoms with Crippen molar-refractivity contribution in [1.29, 1.82) is 0 Å². The van der Waals surface area contributed by atoms with Crippen molar-refractivity contribution in [3.05, 3.63) is 42.1 Å². The number of hydrogen-bond acceptors (Lipinski definition) is 4. The van der Waals surface area contributed by atoms with E-state index >= 15 is 0 Å². The van der Waals surface area contributed by atoms with Crippen LogP contribution in [0.2, 0.25) is 0 Å². The third-order valence-electron chi connectivity index (χ3n) is 2.76. The molecule has 0 aliphatic carbocycles. The van der Waals surface area contributed by atoms with E-state index in [0.29, 0.717) is 0 Å². The fourth-order valence-electron chi connectivity index (χ4n) is 1.77. The van der Waals surface area contributed by atoms with Gasteiger partial charge in [-0.15, -0.1) is 0 Å². The van der Waals surface area contributed by atoms with Gasteiger partial charge in [0.25, 0.3) is 0 Å². The highest BCUT2D eigenvalue weighted by Crippen LogP contribution is 2.11. The predicted octanol–water partition coefficient (Wildman–Crippen LogP) is 1.20. The Kier molecular flexibility index (Phi) is 4.30. The van der Waals surface area contributed by atoms with Crippen molar-refractivity contribution < 1.29 is 0 Å². The molecule has 0 atom stereocenters. The number of aromatic amines is 1. The van der Waals surface area contributed by atoms with Crippen molar-refractivity contribution in [3.63, 3.8) is 0 Å². The summed E-state index contributed by atoms with van der Waals surface area (Å²) in [6, 6.07) is 4.01. The first kappa shape index (κ1) is 12.6. The number of H-pyrrole nitrogens is 1. The zero-order valence-electron chi connectivity index (χ0n) is 10.8. The van der Waals surface area contributed by atoms with Gasteiger partial charge in [0.2, 0.25) is 0 Å². The maximum Gasteiger partial charge on any atom is 0.132 e. The molecule has 0 aliphatic rings. The van der Waals surface area contributed by atoms with E-state index in [1.54, 1.807) is 0 Å². The Bertz CT molecular complexity index is 466. The average molecular weight is 245 g/mol. The summed E-state index contributed by atoms with van der Waals surface area (Å²) < 4.78 is 0. The van der Waals surface area contributed by atoms with E-state index in [1.165, 1.54) is 5.56 Å². The predicted molar refractivity (Wildman–Crippen MR) is 72.6 cm³/mol. The molecule has 0 aliphatic heterocycles. The fraction of sp³-hybridized carbons (Fsp3) is 0.385. The third kappa shape index (κ3) is 3.30. The SMILES string of the molecule is CNCCc1nccc(N(C)Cc2cc[nH]c2)n1. The van der Waals surface area contributed by atoms with Crippen molar-refractivity contribution in [2.24, 2.45) is 0 Å². The second-order valence-electron chi connectivity index (χ2n) is 4.26. The molecule has 5 nitrogen and oxygen atoms in total. The van der Waals surface area contributed by atoms with E-state index in [9.17, 15) is 0 Å². The van der Waals surface area contributed by atoms with Crippen LogP contribution in [-0.4, -0.2) is 35.6 Å². The minimum Gasteiger partial charge on any atom is -0.367 e. The molecule has 2 aromatic heterocycles. The van der Waals surface area contributed by atoms with Crippen LogP contribution in [0.1, 0.15) is 11.4 Å². The molecule has 0 spiro atoms. The molecule has 0 radical (unpaired) electrons. The molecule has 2 N–H and O–H groups in total. The van der Waals surface area contributed by atoms with Crippen LogP contribution in [-0.2, 0) is 13.0 Å². The van der Waals surface area contributed by atoms with Gasteiger partial charge in [-0.3, -0.25) is 0 Å².